The standard InChI is InChI=1S/C7H10N2O3.ClH/c1-3-11-7(10)5-6(8)12-4(2)9-5;/h3,8H2,1-2H3;1H. The third kappa shape index (κ3) is 2.62. The number of ether oxygens (including phenoxy) is 1. The van der Waals surface area contributed by atoms with Crippen molar-refractivity contribution in [2.75, 3.05) is 12.3 Å². The number of oxazole rings is 1. The predicted octanol–water partition coefficient (Wildman–Crippen LogP) is 1.16. The van der Waals surface area contributed by atoms with Crippen LogP contribution in [0.15, 0.2) is 4.42 Å². The van der Waals surface area contributed by atoms with Crippen molar-refractivity contribution >= 4 is 24.3 Å². The van der Waals surface area contributed by atoms with Gasteiger partial charge in [0.05, 0.1) is 6.61 Å². The maximum absolute atomic E-state index is 11.1. The molecule has 1 aromatic heterocycles. The molecule has 0 atom stereocenters. The maximum Gasteiger partial charge on any atom is 0.362 e. The largest absolute Gasteiger partial charge is 0.461 e. The van der Waals surface area contributed by atoms with E-state index in [0.29, 0.717) is 12.5 Å². The van der Waals surface area contributed by atoms with Crippen molar-refractivity contribution in [1.29, 1.82) is 0 Å². The molecule has 0 fully saturated rings. The summed E-state index contributed by atoms with van der Waals surface area (Å²) in [7, 11) is 0. The van der Waals surface area contributed by atoms with Crippen molar-refractivity contribution in [1.82, 2.24) is 4.98 Å². The van der Waals surface area contributed by atoms with Crippen LogP contribution < -0.4 is 5.73 Å². The van der Waals surface area contributed by atoms with Crippen LogP contribution in [-0.4, -0.2) is 17.6 Å². The van der Waals surface area contributed by atoms with E-state index in [1.54, 1.807) is 13.8 Å². The Bertz CT molecular complexity index is 298. The SMILES string of the molecule is CCOC(=O)c1nc(C)oc1N.Cl. The second-order valence-electron chi connectivity index (χ2n) is 2.17. The molecular formula is C7H11ClN2O3. The van der Waals surface area contributed by atoms with E-state index in [2.05, 4.69) is 9.72 Å². The number of aromatic nitrogens is 1. The van der Waals surface area contributed by atoms with Crippen molar-refractivity contribution < 1.29 is 13.9 Å². The van der Waals surface area contributed by atoms with Gasteiger partial charge >= 0.3 is 5.97 Å². The lowest BCUT2D eigenvalue weighted by Gasteiger charge is -1.96. The Morgan fingerprint density at radius 1 is 1.69 bits per heavy atom. The lowest BCUT2D eigenvalue weighted by atomic mass is 10.4. The first-order valence-corrected chi connectivity index (χ1v) is 3.55. The van der Waals surface area contributed by atoms with Crippen LogP contribution in [0, 0.1) is 6.92 Å². The number of carbonyl (C=O) groups excluding carboxylic acids is 1. The van der Waals surface area contributed by atoms with E-state index in [1.165, 1.54) is 0 Å². The number of carbonyl (C=O) groups is 1. The van der Waals surface area contributed by atoms with Crippen LogP contribution in [0.2, 0.25) is 0 Å². The van der Waals surface area contributed by atoms with Crippen molar-refractivity contribution in [3.8, 4) is 0 Å². The molecule has 0 saturated carbocycles. The highest BCUT2D eigenvalue weighted by Gasteiger charge is 2.16. The summed E-state index contributed by atoms with van der Waals surface area (Å²) in [4.78, 5) is 14.8. The van der Waals surface area contributed by atoms with Gasteiger partial charge in [-0.25, -0.2) is 9.78 Å². The number of rotatable bonds is 2. The molecule has 0 aromatic carbocycles. The smallest absolute Gasteiger partial charge is 0.362 e. The number of hydrogen-bond donors (Lipinski definition) is 1. The fourth-order valence-electron chi connectivity index (χ4n) is 0.789. The number of halogens is 1. The van der Waals surface area contributed by atoms with Crippen LogP contribution in [0.5, 0.6) is 0 Å². The predicted molar refractivity (Wildman–Crippen MR) is 48.9 cm³/mol. The van der Waals surface area contributed by atoms with Crippen LogP contribution in [0.1, 0.15) is 23.3 Å². The van der Waals surface area contributed by atoms with E-state index in [4.69, 9.17) is 10.2 Å². The van der Waals surface area contributed by atoms with E-state index < -0.39 is 5.97 Å². The molecule has 0 aliphatic heterocycles. The number of hydrogen-bond acceptors (Lipinski definition) is 5. The Kier molecular flexibility index (Phi) is 4.27. The lowest BCUT2D eigenvalue weighted by molar-refractivity contribution is 0.0521. The van der Waals surface area contributed by atoms with E-state index in [0.717, 1.165) is 0 Å². The fraction of sp³-hybridized carbons (Fsp3) is 0.429. The van der Waals surface area contributed by atoms with Gasteiger partial charge in [-0.1, -0.05) is 0 Å². The molecule has 1 aromatic rings. The van der Waals surface area contributed by atoms with Gasteiger partial charge in [0.1, 0.15) is 0 Å². The van der Waals surface area contributed by atoms with E-state index in [-0.39, 0.29) is 24.0 Å². The van der Waals surface area contributed by atoms with Crippen LogP contribution in [0.25, 0.3) is 0 Å². The van der Waals surface area contributed by atoms with Gasteiger partial charge in [-0.2, -0.15) is 0 Å². The molecule has 74 valence electrons. The molecule has 0 unspecified atom stereocenters. The Labute approximate surface area is 81.7 Å². The van der Waals surface area contributed by atoms with Gasteiger partial charge in [0, 0.05) is 6.92 Å². The van der Waals surface area contributed by atoms with E-state index in [1.807, 2.05) is 0 Å². The molecule has 0 spiro atoms. The first-order chi connectivity index (χ1) is 5.65. The highest BCUT2D eigenvalue weighted by molar-refractivity contribution is 5.91. The fourth-order valence-corrected chi connectivity index (χ4v) is 0.789. The van der Waals surface area contributed by atoms with Crippen molar-refractivity contribution in [3.63, 3.8) is 0 Å². The summed E-state index contributed by atoms with van der Waals surface area (Å²) < 4.78 is 9.53. The molecule has 13 heavy (non-hydrogen) atoms. The van der Waals surface area contributed by atoms with Gasteiger partial charge < -0.3 is 14.9 Å². The minimum atomic E-state index is -0.549. The average molecular weight is 207 g/mol. The Morgan fingerprint density at radius 2 is 2.31 bits per heavy atom. The molecule has 0 aliphatic carbocycles. The topological polar surface area (TPSA) is 78.3 Å². The number of aryl methyl sites for hydroxylation is 1. The summed E-state index contributed by atoms with van der Waals surface area (Å²) in [6.07, 6.45) is 0. The van der Waals surface area contributed by atoms with Crippen LogP contribution in [0.4, 0.5) is 5.88 Å². The first-order valence-electron chi connectivity index (χ1n) is 3.55. The summed E-state index contributed by atoms with van der Waals surface area (Å²) in [6, 6.07) is 0. The Balaban J connectivity index is 0.00000144. The van der Waals surface area contributed by atoms with Crippen LogP contribution in [0.3, 0.4) is 0 Å². The molecule has 6 heteroatoms. The maximum atomic E-state index is 11.1. The summed E-state index contributed by atoms with van der Waals surface area (Å²) in [6.45, 7) is 3.62. The average Bonchev–Trinajstić information content (AvgIpc) is 2.30. The highest BCUT2D eigenvalue weighted by Crippen LogP contribution is 2.13. The second kappa shape index (κ2) is 4.71. The zero-order valence-corrected chi connectivity index (χ0v) is 8.18. The molecule has 0 bridgehead atoms. The summed E-state index contributed by atoms with van der Waals surface area (Å²) >= 11 is 0. The molecule has 0 amide bonds. The molecule has 0 radical (unpaired) electrons. The minimum absolute atomic E-state index is 0. The molecule has 1 heterocycles. The molecule has 1 rings (SSSR count). The summed E-state index contributed by atoms with van der Waals surface area (Å²) in [5.74, 6) is -0.187. The third-order valence-corrected chi connectivity index (χ3v) is 1.23. The molecular weight excluding hydrogens is 196 g/mol. The van der Waals surface area contributed by atoms with E-state index in [9.17, 15) is 4.79 Å². The minimum Gasteiger partial charge on any atom is -0.461 e. The van der Waals surface area contributed by atoms with Gasteiger partial charge in [-0.15, -0.1) is 12.4 Å². The van der Waals surface area contributed by atoms with Crippen LogP contribution >= 0.6 is 12.4 Å². The van der Waals surface area contributed by atoms with Crippen molar-refractivity contribution in [2.45, 2.75) is 13.8 Å². The zero-order valence-electron chi connectivity index (χ0n) is 7.36. The van der Waals surface area contributed by atoms with Gasteiger partial charge in [0.15, 0.2) is 5.89 Å². The second-order valence-corrected chi connectivity index (χ2v) is 2.17. The Morgan fingerprint density at radius 3 is 2.69 bits per heavy atom. The quantitative estimate of drug-likeness (QED) is 0.735. The lowest BCUT2D eigenvalue weighted by Crippen LogP contribution is -2.07. The molecule has 2 N–H and O–H groups in total. The zero-order chi connectivity index (χ0) is 9.14. The number of anilines is 1. The number of nitrogens with zero attached hydrogens (tertiary/aromatic N) is 1. The van der Waals surface area contributed by atoms with E-state index >= 15 is 0 Å². The molecule has 0 saturated heterocycles. The van der Waals surface area contributed by atoms with Crippen molar-refractivity contribution in [3.05, 3.63) is 11.6 Å². The normalized spacial score (nSPS) is 9.08. The van der Waals surface area contributed by atoms with Gasteiger partial charge in [-0.05, 0) is 6.92 Å². The van der Waals surface area contributed by atoms with Gasteiger partial charge in [0.2, 0.25) is 11.6 Å². The number of nitrogens with two attached hydrogens (primary N) is 1. The van der Waals surface area contributed by atoms with Crippen LogP contribution in [-0.2, 0) is 4.74 Å². The number of nitrogen functional groups attached to an aromatic ring is 1. The first kappa shape index (κ1) is 11.8. The summed E-state index contributed by atoms with van der Waals surface area (Å²) in [5.41, 5.74) is 5.39. The monoisotopic (exact) mass is 206 g/mol. The molecule has 0 aliphatic rings. The van der Waals surface area contributed by atoms with Gasteiger partial charge in [0.25, 0.3) is 0 Å². The molecule has 5 nitrogen and oxygen atoms in total. The number of esters is 1. The van der Waals surface area contributed by atoms with Gasteiger partial charge in [-0.3, -0.25) is 0 Å². The Hall–Kier alpha value is -1.23. The van der Waals surface area contributed by atoms with Crippen molar-refractivity contribution in [2.24, 2.45) is 0 Å². The third-order valence-electron chi connectivity index (χ3n) is 1.23. The highest BCUT2D eigenvalue weighted by atomic mass is 35.5. The summed E-state index contributed by atoms with van der Waals surface area (Å²) in [5, 5.41) is 0.